The van der Waals surface area contributed by atoms with E-state index in [0.717, 1.165) is 0 Å². The van der Waals surface area contributed by atoms with Crippen LogP contribution in [0.3, 0.4) is 0 Å². The van der Waals surface area contributed by atoms with Crippen molar-refractivity contribution in [1.29, 1.82) is 0 Å². The van der Waals surface area contributed by atoms with Crippen LogP contribution in [0, 0.1) is 0 Å². The van der Waals surface area contributed by atoms with Gasteiger partial charge in [-0.15, -0.1) is 0 Å². The quantitative estimate of drug-likeness (QED) is 0.437. The maximum Gasteiger partial charge on any atom is 0.190 e. The summed E-state index contributed by atoms with van der Waals surface area (Å²) in [5.41, 5.74) is 8.49. The van der Waals surface area contributed by atoms with Crippen LogP contribution < -0.4 is 0 Å². The zero-order valence-corrected chi connectivity index (χ0v) is 12.0. The Morgan fingerprint density at radius 2 is 1.55 bits per heavy atom. The predicted octanol–water partition coefficient (Wildman–Crippen LogP) is 1.69. The summed E-state index contributed by atoms with van der Waals surface area (Å²) in [4.78, 5) is 2.77. The molecular formula is C12H19N3O5. The Bertz CT molecular complexity index is 448. The van der Waals surface area contributed by atoms with Crippen LogP contribution in [0.1, 0.15) is 27.7 Å². The lowest BCUT2D eigenvalue weighted by Crippen LogP contribution is -2.55. The molecule has 0 saturated carbocycles. The summed E-state index contributed by atoms with van der Waals surface area (Å²) in [6, 6.07) is 0. The third-order valence-electron chi connectivity index (χ3n) is 3.58. The van der Waals surface area contributed by atoms with Gasteiger partial charge in [-0.3, -0.25) is 0 Å². The number of ether oxygens (including phenoxy) is 5. The summed E-state index contributed by atoms with van der Waals surface area (Å²) in [5.74, 6) is -1.46. The first-order chi connectivity index (χ1) is 9.31. The van der Waals surface area contributed by atoms with Crippen LogP contribution in [0.25, 0.3) is 10.4 Å². The molecule has 3 aliphatic heterocycles. The molecule has 0 aromatic heterocycles. The van der Waals surface area contributed by atoms with E-state index >= 15 is 0 Å². The van der Waals surface area contributed by atoms with Crippen molar-refractivity contribution in [2.45, 2.75) is 70.0 Å². The Balaban J connectivity index is 1.85. The van der Waals surface area contributed by atoms with Crippen LogP contribution in [-0.2, 0) is 23.7 Å². The van der Waals surface area contributed by atoms with E-state index in [4.69, 9.17) is 29.2 Å². The molecule has 0 aromatic carbocycles. The largest absolute Gasteiger partial charge is 0.344 e. The van der Waals surface area contributed by atoms with Crippen molar-refractivity contribution in [2.75, 3.05) is 6.54 Å². The van der Waals surface area contributed by atoms with Crippen LogP contribution in [0.2, 0.25) is 0 Å². The minimum absolute atomic E-state index is 0.171. The van der Waals surface area contributed by atoms with Gasteiger partial charge in [-0.1, -0.05) is 5.11 Å². The van der Waals surface area contributed by atoms with Gasteiger partial charge in [0.05, 0.1) is 12.6 Å². The second-order valence-corrected chi connectivity index (χ2v) is 6.12. The number of nitrogens with zero attached hydrogens (tertiary/aromatic N) is 3. The third-order valence-corrected chi connectivity index (χ3v) is 3.58. The fourth-order valence-corrected chi connectivity index (χ4v) is 2.96. The van der Waals surface area contributed by atoms with Crippen molar-refractivity contribution in [1.82, 2.24) is 0 Å². The van der Waals surface area contributed by atoms with E-state index in [1.807, 2.05) is 27.7 Å². The fraction of sp³-hybridized carbons (Fsp3) is 1.00. The summed E-state index contributed by atoms with van der Waals surface area (Å²) in [7, 11) is 0. The van der Waals surface area contributed by atoms with Crippen LogP contribution in [0.15, 0.2) is 5.11 Å². The van der Waals surface area contributed by atoms with Gasteiger partial charge in [0.2, 0.25) is 0 Å². The van der Waals surface area contributed by atoms with Crippen molar-refractivity contribution in [3.05, 3.63) is 10.4 Å². The summed E-state index contributed by atoms with van der Waals surface area (Å²) in [6.07, 6.45) is -1.93. The molecule has 0 aromatic rings. The second kappa shape index (κ2) is 4.56. The summed E-state index contributed by atoms with van der Waals surface area (Å²) >= 11 is 0. The van der Waals surface area contributed by atoms with Gasteiger partial charge in [0.15, 0.2) is 17.9 Å². The fourth-order valence-electron chi connectivity index (χ4n) is 2.96. The lowest BCUT2D eigenvalue weighted by Gasteiger charge is -2.36. The first-order valence-electron chi connectivity index (χ1n) is 6.69. The van der Waals surface area contributed by atoms with E-state index in [9.17, 15) is 0 Å². The zero-order valence-electron chi connectivity index (χ0n) is 12.0. The molecule has 0 spiro atoms. The summed E-state index contributed by atoms with van der Waals surface area (Å²) in [6.45, 7) is 7.50. The molecule has 3 aliphatic rings. The zero-order chi connectivity index (χ0) is 14.5. The molecule has 5 atom stereocenters. The van der Waals surface area contributed by atoms with Crippen molar-refractivity contribution >= 4 is 0 Å². The number of rotatable bonds is 2. The lowest BCUT2D eigenvalue weighted by atomic mass is 9.99. The third kappa shape index (κ3) is 2.39. The Labute approximate surface area is 116 Å². The number of hydrogen-bond donors (Lipinski definition) is 0. The molecule has 3 unspecified atom stereocenters. The maximum atomic E-state index is 8.49. The molecule has 3 heterocycles. The normalized spacial score (nSPS) is 44.5. The van der Waals surface area contributed by atoms with Crippen molar-refractivity contribution in [2.24, 2.45) is 5.11 Å². The SMILES string of the molecule is CC1(C)OC2C(O1)[C@H](CN=[N+]=[N-])OC1OC(C)(C)O[C@H]12. The molecule has 3 saturated heterocycles. The van der Waals surface area contributed by atoms with Gasteiger partial charge in [-0.2, -0.15) is 0 Å². The highest BCUT2D eigenvalue weighted by Crippen LogP contribution is 2.44. The van der Waals surface area contributed by atoms with Crippen LogP contribution in [0.5, 0.6) is 0 Å². The van der Waals surface area contributed by atoms with Gasteiger partial charge in [0.1, 0.15) is 18.3 Å². The Morgan fingerprint density at radius 3 is 2.25 bits per heavy atom. The lowest BCUT2D eigenvalue weighted by molar-refractivity contribution is -0.231. The monoisotopic (exact) mass is 285 g/mol. The van der Waals surface area contributed by atoms with Crippen LogP contribution in [0.4, 0.5) is 0 Å². The molecule has 20 heavy (non-hydrogen) atoms. The molecule has 0 amide bonds. The summed E-state index contributed by atoms with van der Waals surface area (Å²) < 4.78 is 29.2. The molecular weight excluding hydrogens is 266 g/mol. The van der Waals surface area contributed by atoms with Gasteiger partial charge < -0.3 is 23.7 Å². The molecule has 8 heteroatoms. The van der Waals surface area contributed by atoms with Gasteiger partial charge in [-0.25, -0.2) is 0 Å². The number of azide groups is 1. The first-order valence-corrected chi connectivity index (χ1v) is 6.69. The highest BCUT2D eigenvalue weighted by molar-refractivity contribution is 5.00. The predicted molar refractivity (Wildman–Crippen MR) is 66.5 cm³/mol. The van der Waals surface area contributed by atoms with Gasteiger partial charge >= 0.3 is 0 Å². The van der Waals surface area contributed by atoms with Gasteiger partial charge in [0, 0.05) is 4.91 Å². The highest BCUT2D eigenvalue weighted by atomic mass is 16.9. The molecule has 112 valence electrons. The molecule has 3 fully saturated rings. The van der Waals surface area contributed by atoms with E-state index < -0.39 is 24.0 Å². The highest BCUT2D eigenvalue weighted by Gasteiger charge is 2.60. The number of hydrogen-bond acceptors (Lipinski definition) is 6. The first kappa shape index (κ1) is 14.1. The van der Waals surface area contributed by atoms with E-state index in [2.05, 4.69) is 10.0 Å². The van der Waals surface area contributed by atoms with E-state index in [1.54, 1.807) is 0 Å². The molecule has 0 N–H and O–H groups in total. The van der Waals surface area contributed by atoms with Gasteiger partial charge in [0.25, 0.3) is 0 Å². The van der Waals surface area contributed by atoms with Crippen molar-refractivity contribution < 1.29 is 23.7 Å². The van der Waals surface area contributed by atoms with Crippen LogP contribution in [-0.4, -0.2) is 48.8 Å². The second-order valence-electron chi connectivity index (χ2n) is 6.12. The standard InChI is InChI=1S/C12H19N3O5/c1-11(2)17-7-6(5-14-15-13)16-10-9(8(7)18-11)19-12(3,4)20-10/h6-10H,5H2,1-4H3/t6-,7?,8?,9-,10?/m0/s1. The van der Waals surface area contributed by atoms with Gasteiger partial charge in [-0.05, 0) is 33.2 Å². The van der Waals surface area contributed by atoms with E-state index in [1.165, 1.54) is 0 Å². The minimum Gasteiger partial charge on any atom is -0.344 e. The molecule has 0 radical (unpaired) electrons. The average Bonchev–Trinajstić information content (AvgIpc) is 2.80. The van der Waals surface area contributed by atoms with Crippen LogP contribution >= 0.6 is 0 Å². The smallest absolute Gasteiger partial charge is 0.190 e. The molecule has 3 rings (SSSR count). The molecule has 8 nitrogen and oxygen atoms in total. The Morgan fingerprint density at radius 1 is 0.950 bits per heavy atom. The van der Waals surface area contributed by atoms with E-state index in [0.29, 0.717) is 0 Å². The minimum atomic E-state index is -0.733. The Hall–Kier alpha value is -0.890. The van der Waals surface area contributed by atoms with E-state index in [-0.39, 0.29) is 24.9 Å². The maximum absolute atomic E-state index is 8.49. The molecule has 0 aliphatic carbocycles. The Kier molecular flexibility index (Phi) is 3.20. The topological polar surface area (TPSA) is 94.9 Å². The average molecular weight is 285 g/mol. The molecule has 0 bridgehead atoms. The number of fused-ring (bicyclic) bond motifs is 3. The summed E-state index contributed by atoms with van der Waals surface area (Å²) in [5, 5.41) is 3.58. The van der Waals surface area contributed by atoms with Crippen molar-refractivity contribution in [3.8, 4) is 0 Å². The van der Waals surface area contributed by atoms with Crippen molar-refractivity contribution in [3.63, 3.8) is 0 Å².